The van der Waals surface area contributed by atoms with Crippen molar-refractivity contribution in [2.45, 2.75) is 31.5 Å². The summed E-state index contributed by atoms with van der Waals surface area (Å²) in [4.78, 5) is 13.8. The summed E-state index contributed by atoms with van der Waals surface area (Å²) in [6.45, 7) is 3.35. The molecule has 0 saturated heterocycles. The highest BCUT2D eigenvalue weighted by molar-refractivity contribution is 7.98. The van der Waals surface area contributed by atoms with E-state index in [-0.39, 0.29) is 5.56 Å². The van der Waals surface area contributed by atoms with E-state index < -0.39 is 0 Å². The van der Waals surface area contributed by atoms with Crippen molar-refractivity contribution < 1.29 is 4.74 Å². The first kappa shape index (κ1) is 19.3. The SMILES string of the molecule is CSc1ccccc1Cn1c(C)cc(OCc2ccccc2CN)cc1=O. The second kappa shape index (κ2) is 8.93. The Hall–Kier alpha value is -2.50. The van der Waals surface area contributed by atoms with Crippen LogP contribution in [0.3, 0.4) is 0 Å². The molecule has 0 bridgehead atoms. The van der Waals surface area contributed by atoms with Crippen molar-refractivity contribution in [3.05, 3.63) is 93.4 Å². The van der Waals surface area contributed by atoms with Crippen LogP contribution in [0.15, 0.2) is 70.4 Å². The molecule has 0 unspecified atom stereocenters. The molecule has 4 nitrogen and oxygen atoms in total. The molecule has 0 aliphatic heterocycles. The molecule has 3 rings (SSSR count). The van der Waals surface area contributed by atoms with Crippen molar-refractivity contribution in [1.29, 1.82) is 0 Å². The maximum absolute atomic E-state index is 12.7. The van der Waals surface area contributed by atoms with Gasteiger partial charge >= 0.3 is 0 Å². The average molecular weight is 381 g/mol. The molecule has 0 saturated carbocycles. The highest BCUT2D eigenvalue weighted by Gasteiger charge is 2.09. The number of ether oxygens (including phenoxy) is 1. The zero-order valence-electron chi connectivity index (χ0n) is 15.6. The van der Waals surface area contributed by atoms with Gasteiger partial charge in [0.05, 0.1) is 6.54 Å². The van der Waals surface area contributed by atoms with E-state index in [0.29, 0.717) is 25.4 Å². The molecule has 1 aromatic heterocycles. The van der Waals surface area contributed by atoms with Crippen LogP contribution in [0.25, 0.3) is 0 Å². The van der Waals surface area contributed by atoms with Gasteiger partial charge in [0.1, 0.15) is 12.4 Å². The number of nitrogens with zero attached hydrogens (tertiary/aromatic N) is 1. The number of rotatable bonds is 7. The lowest BCUT2D eigenvalue weighted by Gasteiger charge is -2.15. The van der Waals surface area contributed by atoms with Crippen LogP contribution in [0.2, 0.25) is 0 Å². The van der Waals surface area contributed by atoms with Crippen LogP contribution in [0.5, 0.6) is 5.75 Å². The monoisotopic (exact) mass is 380 g/mol. The molecule has 0 fully saturated rings. The lowest BCUT2D eigenvalue weighted by Crippen LogP contribution is -2.22. The highest BCUT2D eigenvalue weighted by Crippen LogP contribution is 2.21. The average Bonchev–Trinajstić information content (AvgIpc) is 2.69. The summed E-state index contributed by atoms with van der Waals surface area (Å²) in [7, 11) is 0. The van der Waals surface area contributed by atoms with Crippen LogP contribution in [-0.2, 0) is 19.7 Å². The molecule has 5 heteroatoms. The number of hydrogen-bond donors (Lipinski definition) is 1. The molecule has 0 spiro atoms. The van der Waals surface area contributed by atoms with Gasteiger partial charge in [0, 0.05) is 23.2 Å². The molecule has 0 aliphatic carbocycles. The molecule has 140 valence electrons. The highest BCUT2D eigenvalue weighted by atomic mass is 32.2. The number of benzene rings is 2. The summed E-state index contributed by atoms with van der Waals surface area (Å²) in [5, 5.41) is 0. The summed E-state index contributed by atoms with van der Waals surface area (Å²) in [6.07, 6.45) is 2.05. The smallest absolute Gasteiger partial charge is 0.254 e. The van der Waals surface area contributed by atoms with Crippen molar-refractivity contribution in [3.8, 4) is 5.75 Å². The van der Waals surface area contributed by atoms with E-state index in [0.717, 1.165) is 22.4 Å². The minimum absolute atomic E-state index is 0.0620. The molecule has 0 aliphatic rings. The standard InChI is InChI=1S/C22H24N2O2S/c1-16-11-20(26-15-19-9-4-3-7-17(19)13-23)12-22(25)24(16)14-18-8-5-6-10-21(18)27-2/h3-12H,13-15,23H2,1-2H3. The first-order valence-corrected chi connectivity index (χ1v) is 10.1. The van der Waals surface area contributed by atoms with E-state index >= 15 is 0 Å². The molecule has 2 aromatic carbocycles. The maximum atomic E-state index is 12.7. The Kier molecular flexibility index (Phi) is 6.37. The topological polar surface area (TPSA) is 57.2 Å². The Bertz CT molecular complexity index is 982. The third kappa shape index (κ3) is 4.62. The fourth-order valence-electron chi connectivity index (χ4n) is 3.05. The molecule has 1 heterocycles. The Morgan fingerprint density at radius 3 is 2.33 bits per heavy atom. The minimum Gasteiger partial charge on any atom is -0.489 e. The largest absolute Gasteiger partial charge is 0.489 e. The Morgan fingerprint density at radius 1 is 1.00 bits per heavy atom. The van der Waals surface area contributed by atoms with Gasteiger partial charge in [0.2, 0.25) is 0 Å². The Balaban J connectivity index is 1.80. The number of hydrogen-bond acceptors (Lipinski definition) is 4. The lowest BCUT2D eigenvalue weighted by atomic mass is 10.1. The number of thioether (sulfide) groups is 1. The van der Waals surface area contributed by atoms with Gasteiger partial charge in [0.25, 0.3) is 5.56 Å². The van der Waals surface area contributed by atoms with Crippen LogP contribution in [0.4, 0.5) is 0 Å². The normalized spacial score (nSPS) is 10.8. The fourth-order valence-corrected chi connectivity index (χ4v) is 3.66. The molecule has 3 aromatic rings. The molecule has 0 atom stereocenters. The zero-order chi connectivity index (χ0) is 19.2. The van der Waals surface area contributed by atoms with Gasteiger partial charge in [-0.1, -0.05) is 42.5 Å². The van der Waals surface area contributed by atoms with Gasteiger partial charge in [-0.25, -0.2) is 0 Å². The molecular weight excluding hydrogens is 356 g/mol. The number of aryl methyl sites for hydroxylation is 1. The summed E-state index contributed by atoms with van der Waals surface area (Å²) in [5.41, 5.74) is 9.82. The lowest BCUT2D eigenvalue weighted by molar-refractivity contribution is 0.303. The second-order valence-corrected chi connectivity index (χ2v) is 7.18. The summed E-state index contributed by atoms with van der Waals surface area (Å²) < 4.78 is 7.65. The maximum Gasteiger partial charge on any atom is 0.254 e. The van der Waals surface area contributed by atoms with Crippen LogP contribution in [-0.4, -0.2) is 10.8 Å². The van der Waals surface area contributed by atoms with Crippen molar-refractivity contribution in [3.63, 3.8) is 0 Å². The van der Waals surface area contributed by atoms with E-state index in [9.17, 15) is 4.79 Å². The molecular formula is C22H24N2O2S. The Morgan fingerprint density at radius 2 is 1.67 bits per heavy atom. The summed E-state index contributed by atoms with van der Waals surface area (Å²) in [6, 6.07) is 19.5. The van der Waals surface area contributed by atoms with Crippen molar-refractivity contribution in [1.82, 2.24) is 4.57 Å². The van der Waals surface area contributed by atoms with Crippen LogP contribution in [0.1, 0.15) is 22.4 Å². The van der Waals surface area contributed by atoms with E-state index in [2.05, 4.69) is 12.1 Å². The fraction of sp³-hybridized carbons (Fsp3) is 0.227. The second-order valence-electron chi connectivity index (χ2n) is 6.33. The van der Waals surface area contributed by atoms with E-state index in [1.54, 1.807) is 22.4 Å². The third-order valence-corrected chi connectivity index (χ3v) is 5.40. The zero-order valence-corrected chi connectivity index (χ0v) is 16.5. The Labute approximate surface area is 164 Å². The quantitative estimate of drug-likeness (QED) is 0.630. The van der Waals surface area contributed by atoms with Gasteiger partial charge in [-0.15, -0.1) is 11.8 Å². The third-order valence-electron chi connectivity index (χ3n) is 4.56. The van der Waals surface area contributed by atoms with Gasteiger partial charge in [-0.3, -0.25) is 4.79 Å². The predicted molar refractivity (Wildman–Crippen MR) is 111 cm³/mol. The van der Waals surface area contributed by atoms with Gasteiger partial charge in [-0.05, 0) is 42.0 Å². The van der Waals surface area contributed by atoms with E-state index in [1.165, 1.54) is 4.90 Å². The summed E-state index contributed by atoms with van der Waals surface area (Å²) >= 11 is 1.69. The van der Waals surface area contributed by atoms with E-state index in [1.807, 2.05) is 55.6 Å². The predicted octanol–water partition coefficient (Wildman–Crippen LogP) is 3.96. The molecule has 0 radical (unpaired) electrons. The van der Waals surface area contributed by atoms with Crippen molar-refractivity contribution in [2.24, 2.45) is 5.73 Å². The number of pyridine rings is 1. The molecule has 27 heavy (non-hydrogen) atoms. The summed E-state index contributed by atoms with van der Waals surface area (Å²) in [5.74, 6) is 0.582. The first-order chi connectivity index (χ1) is 13.1. The number of aromatic nitrogens is 1. The minimum atomic E-state index is -0.0620. The van der Waals surface area contributed by atoms with Crippen molar-refractivity contribution in [2.75, 3.05) is 6.26 Å². The van der Waals surface area contributed by atoms with Gasteiger partial charge in [-0.2, -0.15) is 0 Å². The van der Waals surface area contributed by atoms with Crippen LogP contribution in [0, 0.1) is 6.92 Å². The van der Waals surface area contributed by atoms with Crippen molar-refractivity contribution >= 4 is 11.8 Å². The van der Waals surface area contributed by atoms with Gasteiger partial charge in [0.15, 0.2) is 0 Å². The van der Waals surface area contributed by atoms with Crippen LogP contribution < -0.4 is 16.0 Å². The van der Waals surface area contributed by atoms with Gasteiger partial charge < -0.3 is 15.0 Å². The first-order valence-electron chi connectivity index (χ1n) is 8.85. The molecule has 2 N–H and O–H groups in total. The van der Waals surface area contributed by atoms with Crippen LogP contribution >= 0.6 is 11.8 Å². The number of nitrogens with two attached hydrogens (primary N) is 1. The van der Waals surface area contributed by atoms with E-state index in [4.69, 9.17) is 10.5 Å². The molecule has 0 amide bonds.